The fourth-order valence-electron chi connectivity index (χ4n) is 9.50. The Labute approximate surface area is 372 Å². The second-order valence-corrected chi connectivity index (χ2v) is 16.5. The Kier molecular flexibility index (Phi) is 9.20. The van der Waals surface area contributed by atoms with Crippen LogP contribution in [-0.4, -0.2) is 9.97 Å². The zero-order chi connectivity index (χ0) is 42.4. The van der Waals surface area contributed by atoms with Crippen LogP contribution in [0.15, 0.2) is 243 Å². The minimum absolute atomic E-state index is 0.701. The number of aromatic nitrogens is 2. The van der Waals surface area contributed by atoms with Crippen molar-refractivity contribution in [1.29, 1.82) is 0 Å². The Morgan fingerprint density at radius 2 is 0.703 bits per heavy atom. The fourth-order valence-corrected chi connectivity index (χ4v) is 9.50. The lowest BCUT2D eigenvalue weighted by molar-refractivity contribution is 1.18. The summed E-state index contributed by atoms with van der Waals surface area (Å²) in [6, 6.07) is 87.1. The molecular weight excluding hydrogens is 773 g/mol. The molecule has 0 spiro atoms. The zero-order valence-corrected chi connectivity index (χ0v) is 35.0. The van der Waals surface area contributed by atoms with Crippen LogP contribution in [0.5, 0.6) is 0 Å². The van der Waals surface area contributed by atoms with Crippen molar-refractivity contribution in [1.82, 2.24) is 9.97 Å². The molecule has 1 aromatic heterocycles. The van der Waals surface area contributed by atoms with Gasteiger partial charge in [-0.1, -0.05) is 231 Å². The van der Waals surface area contributed by atoms with Crippen molar-refractivity contribution in [3.05, 3.63) is 243 Å². The van der Waals surface area contributed by atoms with Crippen LogP contribution in [0, 0.1) is 0 Å². The molecule has 0 saturated heterocycles. The molecule has 0 aliphatic carbocycles. The van der Waals surface area contributed by atoms with Gasteiger partial charge in [-0.3, -0.25) is 0 Å². The predicted molar refractivity (Wildman–Crippen MR) is 270 cm³/mol. The van der Waals surface area contributed by atoms with Crippen molar-refractivity contribution < 1.29 is 0 Å². The maximum absolute atomic E-state index is 5.21. The first-order valence-corrected chi connectivity index (χ1v) is 21.9. The minimum Gasteiger partial charge on any atom is -0.228 e. The standard InChI is InChI=1S/C62H40N2/c1-2-15-49(16-3-1)62-63-59(40-60(64-62)56-23-11-10-22-55(56)54-24-12-18-45-13-4-7-19-51(45)54)47-33-29-43(30-34-47)41-25-27-42(28-26-41)44-31-35-48(36-32-44)61-53-21-9-6-17-50(53)39-58-52-20-8-5-14-46(52)37-38-57(58)61/h1-40H. The fraction of sp³-hybridized carbons (Fsp3) is 0. The van der Waals surface area contributed by atoms with E-state index in [-0.39, 0.29) is 0 Å². The first-order valence-electron chi connectivity index (χ1n) is 21.9. The molecule has 2 heteroatoms. The quantitative estimate of drug-likeness (QED) is 0.118. The first kappa shape index (κ1) is 37.3. The summed E-state index contributed by atoms with van der Waals surface area (Å²) in [7, 11) is 0. The van der Waals surface area contributed by atoms with E-state index in [1.165, 1.54) is 76.5 Å². The van der Waals surface area contributed by atoms with Crippen LogP contribution >= 0.6 is 0 Å². The molecule has 0 amide bonds. The Morgan fingerprint density at radius 1 is 0.219 bits per heavy atom. The lowest BCUT2D eigenvalue weighted by Crippen LogP contribution is -1.97. The molecule has 0 saturated carbocycles. The summed E-state index contributed by atoms with van der Waals surface area (Å²) in [5, 5.41) is 10.1. The first-order chi connectivity index (χ1) is 31.7. The number of fused-ring (bicyclic) bond motifs is 5. The number of nitrogens with zero attached hydrogens (tertiary/aromatic N) is 2. The van der Waals surface area contributed by atoms with Crippen LogP contribution in [0.25, 0.3) is 122 Å². The van der Waals surface area contributed by atoms with Gasteiger partial charge in [0.15, 0.2) is 5.82 Å². The summed E-state index contributed by atoms with van der Waals surface area (Å²) in [5.74, 6) is 0.701. The van der Waals surface area contributed by atoms with E-state index in [1.807, 2.05) is 18.2 Å². The van der Waals surface area contributed by atoms with Gasteiger partial charge in [-0.15, -0.1) is 0 Å². The largest absolute Gasteiger partial charge is 0.228 e. The molecule has 298 valence electrons. The third-order valence-electron chi connectivity index (χ3n) is 12.7. The minimum atomic E-state index is 0.701. The third-order valence-corrected chi connectivity index (χ3v) is 12.7. The second-order valence-electron chi connectivity index (χ2n) is 16.5. The summed E-state index contributed by atoms with van der Waals surface area (Å²) in [6.07, 6.45) is 0. The number of benzene rings is 11. The van der Waals surface area contributed by atoms with Gasteiger partial charge in [0.25, 0.3) is 0 Å². The number of rotatable bonds is 7. The predicted octanol–water partition coefficient (Wildman–Crippen LogP) is 16.8. The molecule has 2 nitrogen and oxygen atoms in total. The van der Waals surface area contributed by atoms with E-state index in [1.54, 1.807) is 0 Å². The molecule has 1 heterocycles. The molecule has 12 rings (SSSR count). The summed E-state index contributed by atoms with van der Waals surface area (Å²) in [6.45, 7) is 0. The van der Waals surface area contributed by atoms with Crippen LogP contribution in [0.2, 0.25) is 0 Å². The van der Waals surface area contributed by atoms with Gasteiger partial charge >= 0.3 is 0 Å². The monoisotopic (exact) mass is 812 g/mol. The van der Waals surface area contributed by atoms with E-state index in [0.717, 1.165) is 39.2 Å². The zero-order valence-electron chi connectivity index (χ0n) is 35.0. The molecular formula is C62H40N2. The number of hydrogen-bond acceptors (Lipinski definition) is 2. The molecule has 0 aliphatic heterocycles. The Bertz CT molecular complexity index is 3680. The molecule has 0 unspecified atom stereocenters. The van der Waals surface area contributed by atoms with Gasteiger partial charge in [0, 0.05) is 16.7 Å². The van der Waals surface area contributed by atoms with Crippen molar-refractivity contribution in [2.75, 3.05) is 0 Å². The van der Waals surface area contributed by atoms with Crippen molar-refractivity contribution in [2.45, 2.75) is 0 Å². The van der Waals surface area contributed by atoms with Gasteiger partial charge in [-0.2, -0.15) is 0 Å². The molecule has 0 radical (unpaired) electrons. The van der Waals surface area contributed by atoms with Crippen LogP contribution in [0.3, 0.4) is 0 Å². The highest BCUT2D eigenvalue weighted by Crippen LogP contribution is 2.41. The Hall–Kier alpha value is -8.46. The highest BCUT2D eigenvalue weighted by Gasteiger charge is 2.17. The maximum atomic E-state index is 5.21. The summed E-state index contributed by atoms with van der Waals surface area (Å²) < 4.78 is 0. The molecule has 0 atom stereocenters. The third kappa shape index (κ3) is 6.70. The van der Waals surface area contributed by atoms with Crippen molar-refractivity contribution in [3.63, 3.8) is 0 Å². The van der Waals surface area contributed by atoms with E-state index in [4.69, 9.17) is 9.97 Å². The van der Waals surface area contributed by atoms with E-state index in [0.29, 0.717) is 5.82 Å². The van der Waals surface area contributed by atoms with Crippen molar-refractivity contribution in [3.8, 4) is 78.4 Å². The molecule has 12 aromatic rings. The molecule has 0 bridgehead atoms. The van der Waals surface area contributed by atoms with Crippen LogP contribution in [0.4, 0.5) is 0 Å². The average Bonchev–Trinajstić information content (AvgIpc) is 3.38. The van der Waals surface area contributed by atoms with Crippen molar-refractivity contribution in [2.24, 2.45) is 0 Å². The lowest BCUT2D eigenvalue weighted by Gasteiger charge is -2.15. The average molecular weight is 813 g/mol. The second kappa shape index (κ2) is 15.8. The normalized spacial score (nSPS) is 11.4. The van der Waals surface area contributed by atoms with Gasteiger partial charge in [0.1, 0.15) is 0 Å². The van der Waals surface area contributed by atoms with E-state index in [2.05, 4.69) is 224 Å². The highest BCUT2D eigenvalue weighted by atomic mass is 14.9. The Morgan fingerprint density at radius 3 is 1.39 bits per heavy atom. The van der Waals surface area contributed by atoms with Gasteiger partial charge in [-0.05, 0) is 99.7 Å². The Balaban J connectivity index is 0.858. The summed E-state index contributed by atoms with van der Waals surface area (Å²) >= 11 is 0. The van der Waals surface area contributed by atoms with Gasteiger partial charge in [0.05, 0.1) is 11.4 Å². The number of hydrogen-bond donors (Lipinski definition) is 0. The van der Waals surface area contributed by atoms with E-state index >= 15 is 0 Å². The molecule has 11 aromatic carbocycles. The van der Waals surface area contributed by atoms with Crippen LogP contribution in [-0.2, 0) is 0 Å². The van der Waals surface area contributed by atoms with Gasteiger partial charge in [-0.25, -0.2) is 9.97 Å². The summed E-state index contributed by atoms with van der Waals surface area (Å²) in [4.78, 5) is 10.4. The van der Waals surface area contributed by atoms with Gasteiger partial charge in [0.2, 0.25) is 0 Å². The molecule has 0 N–H and O–H groups in total. The summed E-state index contributed by atoms with van der Waals surface area (Å²) in [5.41, 5.74) is 14.4. The lowest BCUT2D eigenvalue weighted by atomic mass is 9.89. The van der Waals surface area contributed by atoms with E-state index < -0.39 is 0 Å². The molecule has 0 aliphatic rings. The maximum Gasteiger partial charge on any atom is 0.160 e. The molecule has 0 fully saturated rings. The van der Waals surface area contributed by atoms with Crippen LogP contribution < -0.4 is 0 Å². The highest BCUT2D eigenvalue weighted by molar-refractivity contribution is 6.20. The SMILES string of the molecule is c1ccc(-c2nc(-c3ccc(-c4ccc(-c5ccc(-c6c7ccccc7cc7c6ccc6ccccc67)cc5)cc4)cc3)cc(-c3ccccc3-c3cccc4ccccc34)n2)cc1. The van der Waals surface area contributed by atoms with Gasteiger partial charge < -0.3 is 0 Å². The molecule has 64 heavy (non-hydrogen) atoms. The topological polar surface area (TPSA) is 25.8 Å². The van der Waals surface area contributed by atoms with Crippen molar-refractivity contribution >= 4 is 43.1 Å². The smallest absolute Gasteiger partial charge is 0.160 e. The van der Waals surface area contributed by atoms with E-state index in [9.17, 15) is 0 Å². The van der Waals surface area contributed by atoms with Crippen LogP contribution in [0.1, 0.15) is 0 Å².